The van der Waals surface area contributed by atoms with Gasteiger partial charge in [-0.15, -0.1) is 0 Å². The highest BCUT2D eigenvalue weighted by molar-refractivity contribution is 6.34. The predicted molar refractivity (Wildman–Crippen MR) is 146 cm³/mol. The largest absolute Gasteiger partial charge is 0.508 e. The van der Waals surface area contributed by atoms with Crippen molar-refractivity contribution in [2.45, 2.75) is 71.9 Å². The number of phenols is 1. The van der Waals surface area contributed by atoms with Gasteiger partial charge in [-0.2, -0.15) is 0 Å². The molecule has 3 amide bonds. The van der Waals surface area contributed by atoms with Crippen LogP contribution >= 0.6 is 11.6 Å². The van der Waals surface area contributed by atoms with Crippen LogP contribution in [-0.4, -0.2) is 46.6 Å². The van der Waals surface area contributed by atoms with Gasteiger partial charge in [0.1, 0.15) is 23.9 Å². The number of anilines is 1. The van der Waals surface area contributed by atoms with Crippen LogP contribution in [0.5, 0.6) is 5.75 Å². The summed E-state index contributed by atoms with van der Waals surface area (Å²) in [5.74, 6) is -0.973. The van der Waals surface area contributed by atoms with Crippen molar-refractivity contribution in [2.75, 3.05) is 18.4 Å². The van der Waals surface area contributed by atoms with Crippen molar-refractivity contribution < 1.29 is 24.2 Å². The van der Waals surface area contributed by atoms with Gasteiger partial charge in [-0.05, 0) is 63.4 Å². The normalized spacial score (nSPS) is 11.9. The Bertz CT molecular complexity index is 1060. The summed E-state index contributed by atoms with van der Waals surface area (Å²) < 4.78 is 5.25. The number of halogens is 1. The molecule has 0 fully saturated rings. The number of unbranched alkanes of at least 4 members (excludes halogenated alkanes) is 3. The Morgan fingerprint density at radius 3 is 2.41 bits per heavy atom. The van der Waals surface area contributed by atoms with Gasteiger partial charge in [0.05, 0.1) is 10.7 Å². The average molecular weight is 532 g/mol. The predicted octanol–water partition coefficient (Wildman–Crippen LogP) is 5.97. The van der Waals surface area contributed by atoms with Crippen LogP contribution < -0.4 is 10.6 Å². The molecule has 0 radical (unpaired) electrons. The molecule has 2 aromatic rings. The highest BCUT2D eigenvalue weighted by Gasteiger charge is 2.32. The minimum atomic E-state index is -1.07. The molecule has 0 spiro atoms. The van der Waals surface area contributed by atoms with Crippen molar-refractivity contribution in [3.05, 3.63) is 58.6 Å². The molecule has 37 heavy (non-hydrogen) atoms. The molecular weight excluding hydrogens is 494 g/mol. The van der Waals surface area contributed by atoms with Crippen molar-refractivity contribution >= 4 is 35.2 Å². The van der Waals surface area contributed by atoms with Crippen LogP contribution in [0.4, 0.5) is 10.5 Å². The maximum atomic E-state index is 13.7. The van der Waals surface area contributed by atoms with Crippen LogP contribution in [0.2, 0.25) is 5.02 Å². The lowest BCUT2D eigenvalue weighted by atomic mass is 10.0. The molecule has 202 valence electrons. The molecular formula is C28H38ClN3O5. The van der Waals surface area contributed by atoms with Crippen LogP contribution in [0.1, 0.15) is 70.5 Å². The Kier molecular flexibility index (Phi) is 11.2. The lowest BCUT2D eigenvalue weighted by Crippen LogP contribution is -2.47. The maximum absolute atomic E-state index is 13.7. The van der Waals surface area contributed by atoms with Crippen LogP contribution in [-0.2, 0) is 14.3 Å². The lowest BCUT2D eigenvalue weighted by molar-refractivity contribution is -0.138. The number of amides is 3. The molecule has 0 aliphatic carbocycles. The quantitative estimate of drug-likeness (QED) is 0.310. The number of phenolic OH excluding ortho intramolecular Hbond substituents is 1. The minimum Gasteiger partial charge on any atom is -0.508 e. The lowest BCUT2D eigenvalue weighted by Gasteiger charge is -2.32. The Balaban J connectivity index is 2.40. The minimum absolute atomic E-state index is 0.0329. The molecule has 0 aliphatic heterocycles. The Hall–Kier alpha value is -3.26. The number of carbonyl (C=O) groups is 3. The van der Waals surface area contributed by atoms with Crippen LogP contribution in [0.25, 0.3) is 0 Å². The molecule has 2 aromatic carbocycles. The first-order chi connectivity index (χ1) is 17.4. The number of ether oxygens (including phenoxy) is 1. The van der Waals surface area contributed by atoms with E-state index in [4.69, 9.17) is 16.3 Å². The number of aromatic hydroxyl groups is 1. The highest BCUT2D eigenvalue weighted by Crippen LogP contribution is 2.30. The van der Waals surface area contributed by atoms with Gasteiger partial charge < -0.3 is 25.4 Å². The molecule has 0 saturated heterocycles. The SMILES string of the molecule is CCCCCCN(C(=O)CNC(=O)OC(C)(C)C)C(C(=O)Nc1c(C)cccc1Cl)c1cccc(O)c1. The smallest absolute Gasteiger partial charge is 0.408 e. The van der Waals surface area contributed by atoms with E-state index in [-0.39, 0.29) is 18.8 Å². The van der Waals surface area contributed by atoms with Crippen LogP contribution in [0.15, 0.2) is 42.5 Å². The number of para-hydroxylation sites is 1. The molecule has 0 bridgehead atoms. The fourth-order valence-corrected chi connectivity index (χ4v) is 4.09. The highest BCUT2D eigenvalue weighted by atomic mass is 35.5. The molecule has 2 rings (SSSR count). The second kappa shape index (κ2) is 13.9. The number of alkyl carbamates (subject to hydrolysis) is 1. The molecule has 0 aromatic heterocycles. The number of benzene rings is 2. The van der Waals surface area contributed by atoms with E-state index in [9.17, 15) is 19.5 Å². The van der Waals surface area contributed by atoms with Gasteiger partial charge in [-0.1, -0.05) is 62.1 Å². The first-order valence-electron chi connectivity index (χ1n) is 12.5. The standard InChI is InChI=1S/C28H38ClN3O5/c1-6-7-8-9-16-32(23(34)18-30-27(36)37-28(3,4)5)25(20-13-11-14-21(33)17-20)26(35)31-24-19(2)12-10-15-22(24)29/h10-15,17,25,33H,6-9,16,18H2,1-5H3,(H,30,36)(H,31,35). The van der Waals surface area contributed by atoms with Gasteiger partial charge in [0, 0.05) is 6.54 Å². The van der Waals surface area contributed by atoms with Crippen molar-refractivity contribution in [3.8, 4) is 5.75 Å². The van der Waals surface area contributed by atoms with E-state index in [1.807, 2.05) is 13.0 Å². The molecule has 0 heterocycles. The maximum Gasteiger partial charge on any atom is 0.408 e. The average Bonchev–Trinajstić information content (AvgIpc) is 2.80. The van der Waals surface area contributed by atoms with Gasteiger partial charge in [0.25, 0.3) is 5.91 Å². The van der Waals surface area contributed by atoms with Crippen molar-refractivity contribution in [1.29, 1.82) is 0 Å². The summed E-state index contributed by atoms with van der Waals surface area (Å²) >= 11 is 6.35. The van der Waals surface area contributed by atoms with E-state index < -0.39 is 29.6 Å². The number of carbonyl (C=O) groups excluding carboxylic acids is 3. The summed E-state index contributed by atoms with van der Waals surface area (Å²) in [7, 11) is 0. The monoisotopic (exact) mass is 531 g/mol. The summed E-state index contributed by atoms with van der Waals surface area (Å²) in [5.41, 5.74) is 0.930. The van der Waals surface area contributed by atoms with Crippen LogP contribution in [0, 0.1) is 6.92 Å². The first-order valence-corrected chi connectivity index (χ1v) is 12.9. The van der Waals surface area contributed by atoms with Gasteiger partial charge >= 0.3 is 6.09 Å². The molecule has 9 heteroatoms. The second-order valence-electron chi connectivity index (χ2n) is 9.92. The second-order valence-corrected chi connectivity index (χ2v) is 10.3. The van der Waals surface area contributed by atoms with E-state index in [1.165, 1.54) is 17.0 Å². The molecule has 0 aliphatic rings. The van der Waals surface area contributed by atoms with E-state index in [0.29, 0.717) is 22.7 Å². The number of nitrogens with zero attached hydrogens (tertiary/aromatic N) is 1. The zero-order valence-electron chi connectivity index (χ0n) is 22.3. The van der Waals surface area contributed by atoms with Crippen LogP contribution in [0.3, 0.4) is 0 Å². The number of hydrogen-bond donors (Lipinski definition) is 3. The first kappa shape index (κ1) is 30.0. The van der Waals surface area contributed by atoms with Gasteiger partial charge in [-0.3, -0.25) is 9.59 Å². The third kappa shape index (κ3) is 9.61. The van der Waals surface area contributed by atoms with Gasteiger partial charge in [0.2, 0.25) is 5.91 Å². The summed E-state index contributed by atoms with van der Waals surface area (Å²) in [4.78, 5) is 40.8. The molecule has 1 atom stereocenters. The van der Waals surface area contributed by atoms with Crippen molar-refractivity contribution in [1.82, 2.24) is 10.2 Å². The third-order valence-electron chi connectivity index (χ3n) is 5.57. The Labute approximate surface area is 224 Å². The topological polar surface area (TPSA) is 108 Å². The van der Waals surface area contributed by atoms with Gasteiger partial charge in [0.15, 0.2) is 0 Å². The molecule has 1 unspecified atom stereocenters. The summed E-state index contributed by atoms with van der Waals surface area (Å²) in [6.07, 6.45) is 2.81. The van der Waals surface area contributed by atoms with Gasteiger partial charge in [-0.25, -0.2) is 4.79 Å². The fraction of sp³-hybridized carbons (Fsp3) is 0.464. The third-order valence-corrected chi connectivity index (χ3v) is 5.89. The molecule has 3 N–H and O–H groups in total. The van der Waals surface area contributed by atoms with E-state index in [1.54, 1.807) is 45.0 Å². The van der Waals surface area contributed by atoms with E-state index in [0.717, 1.165) is 24.8 Å². The fourth-order valence-electron chi connectivity index (χ4n) is 3.82. The zero-order chi connectivity index (χ0) is 27.6. The van der Waals surface area contributed by atoms with Crippen molar-refractivity contribution in [3.63, 3.8) is 0 Å². The zero-order valence-corrected chi connectivity index (χ0v) is 23.0. The number of aryl methyl sites for hydroxylation is 1. The van der Waals surface area contributed by atoms with Crippen molar-refractivity contribution in [2.24, 2.45) is 0 Å². The molecule has 8 nitrogen and oxygen atoms in total. The summed E-state index contributed by atoms with van der Waals surface area (Å²) in [5, 5.41) is 15.9. The number of rotatable bonds is 11. The van der Waals surface area contributed by atoms with E-state index >= 15 is 0 Å². The summed E-state index contributed by atoms with van der Waals surface area (Å²) in [6.45, 7) is 9.03. The Morgan fingerprint density at radius 1 is 1.08 bits per heavy atom. The number of hydrogen-bond acceptors (Lipinski definition) is 5. The van der Waals surface area contributed by atoms with E-state index in [2.05, 4.69) is 17.6 Å². The molecule has 0 saturated carbocycles. The summed E-state index contributed by atoms with van der Waals surface area (Å²) in [6, 6.07) is 10.4. The number of nitrogens with one attached hydrogen (secondary N) is 2. The Morgan fingerprint density at radius 2 is 1.78 bits per heavy atom.